The van der Waals surface area contributed by atoms with Crippen molar-refractivity contribution in [3.63, 3.8) is 0 Å². The molecule has 1 aromatic carbocycles. The Bertz CT molecular complexity index is 569. The predicted molar refractivity (Wildman–Crippen MR) is 65.7 cm³/mol. The van der Waals surface area contributed by atoms with Crippen LogP contribution in [0.4, 0.5) is 4.39 Å². The maximum atomic E-state index is 12.9. The third-order valence-electron chi connectivity index (χ3n) is 2.17. The van der Waals surface area contributed by atoms with Crippen molar-refractivity contribution in [2.45, 2.75) is 0 Å². The van der Waals surface area contributed by atoms with Gasteiger partial charge in [-0.2, -0.15) is 5.10 Å². The molecule has 2 rings (SSSR count). The van der Waals surface area contributed by atoms with Crippen molar-refractivity contribution in [1.82, 2.24) is 10.4 Å². The molecule has 0 unspecified atom stereocenters. The summed E-state index contributed by atoms with van der Waals surface area (Å²) in [6, 6.07) is 9.07. The summed E-state index contributed by atoms with van der Waals surface area (Å²) in [5.74, 6) is -0.690. The summed E-state index contributed by atoms with van der Waals surface area (Å²) in [5, 5.41) is 3.75. The molecule has 1 amide bonds. The van der Waals surface area contributed by atoms with E-state index in [0.29, 0.717) is 11.1 Å². The van der Waals surface area contributed by atoms with Crippen molar-refractivity contribution in [3.8, 4) is 0 Å². The summed E-state index contributed by atoms with van der Waals surface area (Å²) < 4.78 is 12.9. The van der Waals surface area contributed by atoms with Crippen LogP contribution in [0.15, 0.2) is 53.9 Å². The van der Waals surface area contributed by atoms with E-state index in [1.54, 1.807) is 24.3 Å². The van der Waals surface area contributed by atoms with Gasteiger partial charge in [0, 0.05) is 18.0 Å². The number of pyridine rings is 1. The topological polar surface area (TPSA) is 54.4 Å². The molecule has 5 heteroatoms. The maximum Gasteiger partial charge on any atom is 0.271 e. The largest absolute Gasteiger partial charge is 0.271 e. The normalized spacial score (nSPS) is 10.5. The summed E-state index contributed by atoms with van der Waals surface area (Å²) in [4.78, 5) is 15.4. The second-order valence-corrected chi connectivity index (χ2v) is 3.49. The van der Waals surface area contributed by atoms with Crippen molar-refractivity contribution < 1.29 is 9.18 Å². The van der Waals surface area contributed by atoms with Gasteiger partial charge in [0.05, 0.1) is 6.21 Å². The Balaban J connectivity index is 1.98. The number of amides is 1. The molecule has 1 N–H and O–H groups in total. The summed E-state index contributed by atoms with van der Waals surface area (Å²) >= 11 is 0. The number of carbonyl (C=O) groups excluding carboxylic acids is 1. The third kappa shape index (κ3) is 3.21. The highest BCUT2D eigenvalue weighted by Crippen LogP contribution is 2.00. The van der Waals surface area contributed by atoms with Crippen LogP contribution < -0.4 is 5.43 Å². The van der Waals surface area contributed by atoms with E-state index < -0.39 is 0 Å². The SMILES string of the molecule is O=C(N/N=C/c1cccc(F)c1)c1ccncc1. The number of hydrazone groups is 1. The Morgan fingerprint density at radius 3 is 2.78 bits per heavy atom. The first kappa shape index (κ1) is 11.9. The molecule has 0 atom stereocenters. The van der Waals surface area contributed by atoms with Gasteiger partial charge in [0.1, 0.15) is 5.82 Å². The van der Waals surface area contributed by atoms with E-state index in [-0.39, 0.29) is 11.7 Å². The number of carbonyl (C=O) groups is 1. The lowest BCUT2D eigenvalue weighted by Gasteiger charge is -1.98. The highest BCUT2D eigenvalue weighted by molar-refractivity contribution is 5.94. The summed E-state index contributed by atoms with van der Waals surface area (Å²) in [5.41, 5.74) is 3.38. The van der Waals surface area contributed by atoms with Crippen LogP contribution in [0.3, 0.4) is 0 Å². The number of aromatic nitrogens is 1. The molecule has 0 aliphatic carbocycles. The molecular weight excluding hydrogens is 233 g/mol. The van der Waals surface area contributed by atoms with Crippen LogP contribution in [0.25, 0.3) is 0 Å². The maximum absolute atomic E-state index is 12.9. The number of nitrogens with zero attached hydrogens (tertiary/aromatic N) is 2. The molecule has 0 fully saturated rings. The average molecular weight is 243 g/mol. The number of hydrogen-bond donors (Lipinski definition) is 1. The second-order valence-electron chi connectivity index (χ2n) is 3.49. The van der Waals surface area contributed by atoms with Crippen LogP contribution in [-0.4, -0.2) is 17.1 Å². The van der Waals surface area contributed by atoms with Gasteiger partial charge in [-0.3, -0.25) is 9.78 Å². The van der Waals surface area contributed by atoms with Gasteiger partial charge in [0.15, 0.2) is 0 Å². The molecule has 18 heavy (non-hydrogen) atoms. The smallest absolute Gasteiger partial charge is 0.267 e. The molecule has 0 aliphatic rings. The van der Waals surface area contributed by atoms with Gasteiger partial charge >= 0.3 is 0 Å². The van der Waals surface area contributed by atoms with Crippen LogP contribution in [0.2, 0.25) is 0 Å². The van der Waals surface area contributed by atoms with Crippen molar-refractivity contribution in [2.24, 2.45) is 5.10 Å². The third-order valence-corrected chi connectivity index (χ3v) is 2.17. The molecule has 0 spiro atoms. The van der Waals surface area contributed by atoms with Crippen molar-refractivity contribution in [1.29, 1.82) is 0 Å². The molecule has 90 valence electrons. The molecule has 0 bridgehead atoms. The van der Waals surface area contributed by atoms with Gasteiger partial charge in [-0.25, -0.2) is 9.82 Å². The minimum atomic E-state index is -0.348. The molecule has 0 radical (unpaired) electrons. The van der Waals surface area contributed by atoms with Gasteiger partial charge in [-0.05, 0) is 29.8 Å². The minimum absolute atomic E-state index is 0.343. The standard InChI is InChI=1S/C13H10FN3O/c14-12-3-1-2-10(8-12)9-16-17-13(18)11-4-6-15-7-5-11/h1-9H,(H,17,18)/b16-9+. The minimum Gasteiger partial charge on any atom is -0.267 e. The Kier molecular flexibility index (Phi) is 3.76. The quantitative estimate of drug-likeness (QED) is 0.662. The number of rotatable bonds is 3. The number of halogens is 1. The fraction of sp³-hybridized carbons (Fsp3) is 0. The van der Waals surface area contributed by atoms with Gasteiger partial charge < -0.3 is 0 Å². The summed E-state index contributed by atoms with van der Waals surface area (Å²) in [6.45, 7) is 0. The van der Waals surface area contributed by atoms with E-state index in [2.05, 4.69) is 15.5 Å². The molecule has 0 aliphatic heterocycles. The van der Waals surface area contributed by atoms with Gasteiger partial charge in [-0.1, -0.05) is 12.1 Å². The molecular formula is C13H10FN3O. The first-order valence-corrected chi connectivity index (χ1v) is 5.25. The Labute approximate surface area is 103 Å². The number of benzene rings is 1. The lowest BCUT2D eigenvalue weighted by Crippen LogP contribution is -2.17. The van der Waals surface area contributed by atoms with Gasteiger partial charge in [-0.15, -0.1) is 0 Å². The molecule has 0 saturated carbocycles. The number of nitrogens with one attached hydrogen (secondary N) is 1. The van der Waals surface area contributed by atoms with Crippen molar-refractivity contribution >= 4 is 12.1 Å². The predicted octanol–water partition coefficient (Wildman–Crippen LogP) is 1.98. The molecule has 1 heterocycles. The zero-order valence-corrected chi connectivity index (χ0v) is 9.38. The van der Waals surface area contributed by atoms with Crippen LogP contribution in [0, 0.1) is 5.82 Å². The van der Waals surface area contributed by atoms with E-state index in [9.17, 15) is 9.18 Å². The first-order chi connectivity index (χ1) is 8.75. The van der Waals surface area contributed by atoms with Gasteiger partial charge in [0.2, 0.25) is 0 Å². The Morgan fingerprint density at radius 2 is 2.06 bits per heavy atom. The van der Waals surface area contributed by atoms with Crippen LogP contribution >= 0.6 is 0 Å². The average Bonchev–Trinajstić information content (AvgIpc) is 2.40. The van der Waals surface area contributed by atoms with Crippen molar-refractivity contribution in [3.05, 3.63) is 65.7 Å². The second kappa shape index (κ2) is 5.67. The molecule has 4 nitrogen and oxygen atoms in total. The summed E-state index contributed by atoms with van der Waals surface area (Å²) in [7, 11) is 0. The van der Waals surface area contributed by atoms with Crippen molar-refractivity contribution in [2.75, 3.05) is 0 Å². The van der Waals surface area contributed by atoms with E-state index in [4.69, 9.17) is 0 Å². The fourth-order valence-electron chi connectivity index (χ4n) is 1.32. The van der Waals surface area contributed by atoms with Crippen LogP contribution in [-0.2, 0) is 0 Å². The lowest BCUT2D eigenvalue weighted by molar-refractivity contribution is 0.0955. The Morgan fingerprint density at radius 1 is 1.28 bits per heavy atom. The van der Waals surface area contributed by atoms with Crippen LogP contribution in [0.5, 0.6) is 0 Å². The number of hydrogen-bond acceptors (Lipinski definition) is 3. The first-order valence-electron chi connectivity index (χ1n) is 5.25. The fourth-order valence-corrected chi connectivity index (χ4v) is 1.32. The monoisotopic (exact) mass is 243 g/mol. The van der Waals surface area contributed by atoms with E-state index in [1.807, 2.05) is 0 Å². The molecule has 2 aromatic rings. The Hall–Kier alpha value is -2.56. The van der Waals surface area contributed by atoms with E-state index in [0.717, 1.165) is 0 Å². The van der Waals surface area contributed by atoms with E-state index in [1.165, 1.54) is 30.7 Å². The summed E-state index contributed by atoms with van der Waals surface area (Å²) in [6.07, 6.45) is 4.42. The lowest BCUT2D eigenvalue weighted by atomic mass is 10.2. The zero-order chi connectivity index (χ0) is 12.8. The highest BCUT2D eigenvalue weighted by atomic mass is 19.1. The van der Waals surface area contributed by atoms with Gasteiger partial charge in [0.25, 0.3) is 5.91 Å². The van der Waals surface area contributed by atoms with E-state index >= 15 is 0 Å². The molecule has 1 aromatic heterocycles. The molecule has 0 saturated heterocycles. The van der Waals surface area contributed by atoms with Crippen LogP contribution in [0.1, 0.15) is 15.9 Å². The zero-order valence-electron chi connectivity index (χ0n) is 9.38. The highest BCUT2D eigenvalue weighted by Gasteiger charge is 2.01.